The van der Waals surface area contributed by atoms with Gasteiger partial charge < -0.3 is 26.5 Å². The third kappa shape index (κ3) is 10.3. The zero-order valence-corrected chi connectivity index (χ0v) is 22.5. The fraction of sp³-hybridized carbons (Fsp3) is 0.179. The predicted octanol–water partition coefficient (Wildman–Crippen LogP) is 6.01. The number of hydrogen-bond donors (Lipinski definition) is 6. The number of anilines is 2. The first-order chi connectivity index (χ1) is 17.9. The number of nitrogens with one attached hydrogen (secondary N) is 4. The van der Waals surface area contributed by atoms with Crippen LogP contribution in [-0.2, 0) is 11.3 Å². The van der Waals surface area contributed by atoms with Crippen molar-refractivity contribution in [3.8, 4) is 11.8 Å². The van der Waals surface area contributed by atoms with Gasteiger partial charge in [-0.2, -0.15) is 5.26 Å². The van der Waals surface area contributed by atoms with E-state index in [1.54, 1.807) is 30.3 Å². The average Bonchev–Trinajstić information content (AvgIpc) is 2.91. The molecule has 3 aromatic carbocycles. The first-order valence-electron chi connectivity index (χ1n) is 11.5. The monoisotopic (exact) mass is 533 g/mol. The highest BCUT2D eigenvalue weighted by Crippen LogP contribution is 2.22. The van der Waals surface area contributed by atoms with Crippen molar-refractivity contribution in [1.82, 2.24) is 5.32 Å². The smallest absolute Gasteiger partial charge is 0.258 e. The minimum atomic E-state index is -0.250. The van der Waals surface area contributed by atoms with Crippen LogP contribution in [0.25, 0.3) is 0 Å². The Hall–Kier alpha value is -3.87. The van der Waals surface area contributed by atoms with Crippen molar-refractivity contribution in [3.63, 3.8) is 0 Å². The molecule has 5 N–H and O–H groups in total. The minimum absolute atomic E-state index is 0.159. The number of aromatic hydroxyl groups is 1. The lowest BCUT2D eigenvalue weighted by atomic mass is 10.2. The van der Waals surface area contributed by atoms with Crippen molar-refractivity contribution in [2.75, 3.05) is 23.7 Å². The second-order valence-corrected chi connectivity index (χ2v) is 9.15. The van der Waals surface area contributed by atoms with Crippen molar-refractivity contribution in [1.29, 1.82) is 10.7 Å². The summed E-state index contributed by atoms with van der Waals surface area (Å²) in [5.41, 5.74) is 5.41. The first-order valence-corrected chi connectivity index (χ1v) is 12.9. The van der Waals surface area contributed by atoms with Crippen LogP contribution in [0.2, 0.25) is 0 Å². The largest absolute Gasteiger partial charge is 0.508 e. The van der Waals surface area contributed by atoms with Gasteiger partial charge in [0.25, 0.3) is 5.91 Å². The van der Waals surface area contributed by atoms with Crippen molar-refractivity contribution in [2.45, 2.75) is 25.3 Å². The van der Waals surface area contributed by atoms with Crippen LogP contribution in [0.3, 0.4) is 0 Å². The van der Waals surface area contributed by atoms with E-state index in [1.807, 2.05) is 56.3 Å². The Bertz CT molecular complexity index is 1250. The van der Waals surface area contributed by atoms with E-state index in [0.717, 1.165) is 51.3 Å². The molecule has 0 aliphatic heterocycles. The van der Waals surface area contributed by atoms with Gasteiger partial charge in [0.1, 0.15) is 5.75 Å². The van der Waals surface area contributed by atoms with Crippen LogP contribution in [0.4, 0.5) is 11.4 Å². The molecule has 0 heterocycles. The van der Waals surface area contributed by atoms with Crippen LogP contribution in [0.1, 0.15) is 25.0 Å². The van der Waals surface area contributed by atoms with E-state index in [2.05, 4.69) is 34.6 Å². The molecular formula is C28H31N5O2S2. The van der Waals surface area contributed by atoms with Crippen molar-refractivity contribution >= 4 is 47.2 Å². The van der Waals surface area contributed by atoms with Gasteiger partial charge in [0, 0.05) is 35.9 Å². The second-order valence-electron chi connectivity index (χ2n) is 7.79. The quantitative estimate of drug-likeness (QED) is 0.0821. The highest BCUT2D eigenvalue weighted by molar-refractivity contribution is 8.16. The van der Waals surface area contributed by atoms with Gasteiger partial charge in [-0.1, -0.05) is 36.0 Å². The van der Waals surface area contributed by atoms with Gasteiger partial charge in [0.05, 0.1) is 22.1 Å². The van der Waals surface area contributed by atoms with Gasteiger partial charge in [-0.05, 0) is 73.5 Å². The standard InChI is InChI=1S/C19H21N3O2S2.C9H10N2/c1-13(10-21-16-7-2-3-8-17(16)25)18(26-12-20)19(24)22-11-14-5-4-6-15(23)9-14;1-2-11-9-5-3-8(7-10)4-6-9/h2-9,12,20-21,23,25H,10-11H2,1H3,(H,22,24);3-6,11H,2H2,1H3/b18-13+,20-12?;. The van der Waals surface area contributed by atoms with Crippen LogP contribution in [0, 0.1) is 16.7 Å². The number of nitriles is 1. The Balaban J connectivity index is 0.000000364. The summed E-state index contributed by atoms with van der Waals surface area (Å²) in [5.74, 6) is -0.0903. The number of rotatable bonds is 10. The molecule has 0 aliphatic rings. The van der Waals surface area contributed by atoms with Crippen LogP contribution in [0.15, 0.2) is 88.2 Å². The number of thioether (sulfide) groups is 1. The fourth-order valence-corrected chi connectivity index (χ4v) is 3.94. The molecule has 0 aliphatic carbocycles. The molecule has 9 heteroatoms. The Morgan fingerprint density at radius 3 is 2.46 bits per heavy atom. The zero-order valence-electron chi connectivity index (χ0n) is 20.8. The van der Waals surface area contributed by atoms with Crippen molar-refractivity contribution in [3.05, 3.63) is 94.4 Å². The summed E-state index contributed by atoms with van der Waals surface area (Å²) in [6.45, 7) is 5.57. The molecule has 0 spiro atoms. The number of phenolic OH excluding ortho intramolecular Hbond substituents is 1. The van der Waals surface area contributed by atoms with Gasteiger partial charge in [0.2, 0.25) is 0 Å². The van der Waals surface area contributed by atoms with E-state index < -0.39 is 0 Å². The molecule has 7 nitrogen and oxygen atoms in total. The molecule has 0 bridgehead atoms. The van der Waals surface area contributed by atoms with Gasteiger partial charge in [-0.25, -0.2) is 0 Å². The Morgan fingerprint density at radius 1 is 1.11 bits per heavy atom. The number of amides is 1. The lowest BCUT2D eigenvalue weighted by molar-refractivity contribution is -0.117. The summed E-state index contributed by atoms with van der Waals surface area (Å²) in [6, 6.07) is 23.8. The van der Waals surface area contributed by atoms with E-state index in [4.69, 9.17) is 10.7 Å². The predicted molar refractivity (Wildman–Crippen MR) is 157 cm³/mol. The average molecular weight is 534 g/mol. The summed E-state index contributed by atoms with van der Waals surface area (Å²) in [4.78, 5) is 13.8. The van der Waals surface area contributed by atoms with Crippen molar-refractivity contribution in [2.24, 2.45) is 0 Å². The summed E-state index contributed by atoms with van der Waals surface area (Å²) in [5, 5.41) is 34.5. The highest BCUT2D eigenvalue weighted by Gasteiger charge is 2.13. The molecule has 0 aromatic heterocycles. The molecule has 0 saturated heterocycles. The lowest BCUT2D eigenvalue weighted by Gasteiger charge is -2.13. The molecule has 0 unspecified atom stereocenters. The number of carbonyl (C=O) groups excluding carboxylic acids is 1. The van der Waals surface area contributed by atoms with Crippen LogP contribution in [0.5, 0.6) is 5.75 Å². The van der Waals surface area contributed by atoms with E-state index in [-0.39, 0.29) is 11.7 Å². The third-order valence-electron chi connectivity index (χ3n) is 4.98. The van der Waals surface area contributed by atoms with Crippen LogP contribution >= 0.6 is 24.4 Å². The molecule has 0 fully saturated rings. The number of thiol groups is 1. The number of hydrogen-bond acceptors (Lipinski definition) is 8. The summed E-state index contributed by atoms with van der Waals surface area (Å²) < 4.78 is 0. The molecule has 0 atom stereocenters. The topological polar surface area (TPSA) is 121 Å². The number of benzene rings is 3. The van der Waals surface area contributed by atoms with E-state index in [0.29, 0.717) is 23.6 Å². The van der Waals surface area contributed by atoms with E-state index >= 15 is 0 Å². The lowest BCUT2D eigenvalue weighted by Crippen LogP contribution is -2.25. The van der Waals surface area contributed by atoms with E-state index in [9.17, 15) is 9.90 Å². The van der Waals surface area contributed by atoms with Gasteiger partial charge in [-0.3, -0.25) is 4.79 Å². The molecule has 1 amide bonds. The molecule has 3 aromatic rings. The normalized spacial score (nSPS) is 10.6. The minimum Gasteiger partial charge on any atom is -0.508 e. The number of carbonyl (C=O) groups is 1. The Labute approximate surface area is 227 Å². The van der Waals surface area contributed by atoms with Crippen molar-refractivity contribution < 1.29 is 9.90 Å². The Kier molecular flexibility index (Phi) is 12.7. The zero-order chi connectivity index (χ0) is 27.0. The molecular weight excluding hydrogens is 502 g/mol. The first kappa shape index (κ1) is 29.4. The number of para-hydroxylation sites is 1. The summed E-state index contributed by atoms with van der Waals surface area (Å²) in [6.07, 6.45) is 0. The summed E-state index contributed by atoms with van der Waals surface area (Å²) >= 11 is 5.47. The van der Waals surface area contributed by atoms with E-state index in [1.165, 1.54) is 0 Å². The third-order valence-corrected chi connectivity index (χ3v) is 6.25. The van der Waals surface area contributed by atoms with Crippen LogP contribution in [-0.4, -0.2) is 29.6 Å². The Morgan fingerprint density at radius 2 is 1.84 bits per heavy atom. The highest BCUT2D eigenvalue weighted by atomic mass is 32.2. The van der Waals surface area contributed by atoms with Gasteiger partial charge in [-0.15, -0.1) is 12.6 Å². The molecule has 3 rings (SSSR count). The SMILES string of the molecule is C/C(CNc1ccccc1S)=C(\SC=N)C(=O)NCc1cccc(O)c1.CCNc1ccc(C#N)cc1. The number of phenols is 1. The maximum absolute atomic E-state index is 12.5. The summed E-state index contributed by atoms with van der Waals surface area (Å²) in [7, 11) is 0. The molecule has 192 valence electrons. The van der Waals surface area contributed by atoms with Crippen LogP contribution < -0.4 is 16.0 Å². The molecule has 0 saturated carbocycles. The number of nitrogens with zero attached hydrogens (tertiary/aromatic N) is 1. The molecule has 0 radical (unpaired) electrons. The fourth-order valence-electron chi connectivity index (χ4n) is 3.13. The maximum atomic E-state index is 12.5. The van der Waals surface area contributed by atoms with Gasteiger partial charge in [0.15, 0.2) is 0 Å². The maximum Gasteiger partial charge on any atom is 0.258 e. The second kappa shape index (κ2) is 16.0. The molecule has 37 heavy (non-hydrogen) atoms. The van der Waals surface area contributed by atoms with Gasteiger partial charge >= 0.3 is 0 Å².